The quantitative estimate of drug-likeness (QED) is 0.0596. The smallest absolute Gasteiger partial charge is 0.354 e. The molecule has 4 N–H and O–H groups in total. The van der Waals surface area contributed by atoms with E-state index in [4.69, 9.17) is 9.84 Å². The number of ether oxygens (including phenoxy) is 1. The maximum absolute atomic E-state index is 13.0. The second kappa shape index (κ2) is 25.3. The molecule has 28 nitrogen and oxygen atoms in total. The van der Waals surface area contributed by atoms with E-state index in [2.05, 4.69) is 81.9 Å². The molecule has 2 amide bonds. The van der Waals surface area contributed by atoms with Gasteiger partial charge in [-0.05, 0) is 170 Å². The topological polar surface area (TPSA) is 347 Å². The number of nitrogens with zero attached hydrogens (tertiary/aromatic N) is 19. The number of carboxylic acid groups (broad SMARTS) is 1. The summed E-state index contributed by atoms with van der Waals surface area (Å²) in [6, 6.07) is 16.3. The molecule has 10 aromatic heterocycles. The van der Waals surface area contributed by atoms with Crippen LogP contribution in [-0.4, -0.2) is 142 Å². The maximum Gasteiger partial charge on any atom is 0.354 e. The Morgan fingerprint density at radius 1 is 0.575 bits per heavy atom. The highest BCUT2D eigenvalue weighted by Crippen LogP contribution is 2.38. The van der Waals surface area contributed by atoms with Gasteiger partial charge in [-0.15, -0.1) is 10.2 Å². The predicted molar refractivity (Wildman–Crippen MR) is 314 cm³/mol. The van der Waals surface area contributed by atoms with Crippen LogP contribution >= 0.6 is 0 Å². The molecule has 2 unspecified atom stereocenters. The van der Waals surface area contributed by atoms with Crippen molar-refractivity contribution >= 4 is 35.4 Å². The van der Waals surface area contributed by atoms with Crippen molar-refractivity contribution < 1.29 is 34.1 Å². The lowest BCUT2D eigenvalue weighted by Crippen LogP contribution is -2.17. The molecular formula is C59H61N21O7. The molecule has 3 aliphatic rings. The number of aliphatic hydroxyl groups excluding tert-OH is 1. The van der Waals surface area contributed by atoms with Crippen molar-refractivity contribution in [2.45, 2.75) is 110 Å². The number of esters is 1. The van der Waals surface area contributed by atoms with Crippen LogP contribution in [0.4, 0.5) is 11.6 Å². The summed E-state index contributed by atoms with van der Waals surface area (Å²) in [4.78, 5) is 69.5. The van der Waals surface area contributed by atoms with Crippen LogP contribution < -0.4 is 10.6 Å². The fraction of sp³-hybridized carbons (Fsp3) is 0.322. The first-order valence-electron chi connectivity index (χ1n) is 28.2. The molecule has 3 aliphatic carbocycles. The molecule has 0 aliphatic heterocycles. The lowest BCUT2D eigenvalue weighted by atomic mass is 10.0. The number of nitrogens with one attached hydrogen (secondary N) is 2. The second-order valence-corrected chi connectivity index (χ2v) is 21.6. The number of hydrogen-bond acceptors (Lipinski definition) is 20. The number of pyridine rings is 5. The van der Waals surface area contributed by atoms with E-state index in [0.717, 1.165) is 75.8 Å². The van der Waals surface area contributed by atoms with Gasteiger partial charge in [0.25, 0.3) is 11.8 Å². The van der Waals surface area contributed by atoms with Crippen molar-refractivity contribution in [1.29, 1.82) is 0 Å². The van der Waals surface area contributed by atoms with Crippen LogP contribution in [0.1, 0.15) is 138 Å². The van der Waals surface area contributed by atoms with Crippen molar-refractivity contribution in [3.05, 3.63) is 144 Å². The van der Waals surface area contributed by atoms with Gasteiger partial charge in [-0.2, -0.15) is 15.3 Å². The third-order valence-electron chi connectivity index (χ3n) is 14.5. The minimum absolute atomic E-state index is 0.0646. The van der Waals surface area contributed by atoms with Crippen LogP contribution in [-0.2, 0) is 9.53 Å². The SMILES string of the molecule is CC(=O)OCC(C)n1nnnc1-c1cccc(NC(=O)c2cc(-c3cnn(C4CC4)c3)c(C)cn2)n1.Cc1cnc(C(=O)Nc2cccc(-c3nnnn3C(C)CO)n2)cc1-c1cnn(C2CC2)c1.Cc1cnc(C(=O)O)cc1-c1cnn(C2CC2)c1. The van der Waals surface area contributed by atoms with Gasteiger partial charge in [0.15, 0.2) is 0 Å². The largest absolute Gasteiger partial charge is 0.477 e. The summed E-state index contributed by atoms with van der Waals surface area (Å²) >= 11 is 0. The summed E-state index contributed by atoms with van der Waals surface area (Å²) in [5, 5.41) is 60.6. The van der Waals surface area contributed by atoms with E-state index in [1.807, 2.05) is 72.7 Å². The predicted octanol–water partition coefficient (Wildman–Crippen LogP) is 7.74. The number of hydrogen-bond donors (Lipinski definition) is 4. The van der Waals surface area contributed by atoms with Crippen molar-refractivity contribution in [2.75, 3.05) is 23.8 Å². The molecule has 0 bridgehead atoms. The highest BCUT2D eigenvalue weighted by molar-refractivity contribution is 6.04. The van der Waals surface area contributed by atoms with Crippen LogP contribution in [0.15, 0.2) is 110 Å². The zero-order valence-electron chi connectivity index (χ0n) is 48.4. The first-order valence-corrected chi connectivity index (χ1v) is 28.2. The highest BCUT2D eigenvalue weighted by Gasteiger charge is 2.28. The van der Waals surface area contributed by atoms with Crippen molar-refractivity contribution in [1.82, 2.24) is 94.7 Å². The molecule has 3 fully saturated rings. The number of aromatic nitrogens is 19. The first-order chi connectivity index (χ1) is 42.1. The van der Waals surface area contributed by atoms with Gasteiger partial charge in [-0.1, -0.05) is 12.1 Å². The Morgan fingerprint density at radius 2 is 0.966 bits per heavy atom. The number of amides is 2. The Balaban J connectivity index is 0.000000142. The Bertz CT molecular complexity index is 4150. The lowest BCUT2D eigenvalue weighted by Gasteiger charge is -2.13. The molecule has 28 heteroatoms. The van der Waals surface area contributed by atoms with E-state index >= 15 is 0 Å². The number of rotatable bonds is 18. The van der Waals surface area contributed by atoms with E-state index in [0.29, 0.717) is 52.8 Å². The monoisotopic (exact) mass is 1180 g/mol. The Labute approximate surface area is 497 Å². The molecule has 3 saturated carbocycles. The Kier molecular flexibility index (Phi) is 16.9. The summed E-state index contributed by atoms with van der Waals surface area (Å²) in [7, 11) is 0. The van der Waals surface area contributed by atoms with E-state index in [1.165, 1.54) is 29.1 Å². The van der Waals surface area contributed by atoms with Crippen LogP contribution in [0.25, 0.3) is 56.4 Å². The average Bonchev–Trinajstić information content (AvgIpc) is 2.83. The van der Waals surface area contributed by atoms with Gasteiger partial charge >= 0.3 is 11.9 Å². The Hall–Kier alpha value is -10.6. The average molecular weight is 1180 g/mol. The Morgan fingerprint density at radius 3 is 1.34 bits per heavy atom. The lowest BCUT2D eigenvalue weighted by molar-refractivity contribution is -0.142. The summed E-state index contributed by atoms with van der Waals surface area (Å²) in [6.45, 7) is 10.8. The summed E-state index contributed by atoms with van der Waals surface area (Å²) in [6.07, 6.45) is 23.4. The molecule has 87 heavy (non-hydrogen) atoms. The van der Waals surface area contributed by atoms with E-state index in [-0.39, 0.29) is 54.3 Å². The molecule has 2 atom stereocenters. The van der Waals surface area contributed by atoms with Gasteiger partial charge in [0, 0.05) is 60.8 Å². The second-order valence-electron chi connectivity index (χ2n) is 21.6. The molecule has 0 saturated heterocycles. The molecule has 0 aromatic carbocycles. The molecule has 10 heterocycles. The molecule has 0 radical (unpaired) electrons. The van der Waals surface area contributed by atoms with Crippen LogP contribution in [0.3, 0.4) is 0 Å². The van der Waals surface area contributed by atoms with Gasteiger partial charge in [0.2, 0.25) is 11.6 Å². The zero-order valence-corrected chi connectivity index (χ0v) is 48.4. The number of aliphatic hydroxyl groups is 1. The number of aryl methyl sites for hydroxylation is 3. The first kappa shape index (κ1) is 58.1. The molecular weight excluding hydrogens is 1110 g/mol. The van der Waals surface area contributed by atoms with E-state index < -0.39 is 11.9 Å². The molecule has 0 spiro atoms. The van der Waals surface area contributed by atoms with Crippen LogP contribution in [0.5, 0.6) is 0 Å². The zero-order chi connectivity index (χ0) is 60.9. The minimum Gasteiger partial charge on any atom is -0.477 e. The summed E-state index contributed by atoms with van der Waals surface area (Å²) < 4.78 is 14.0. The van der Waals surface area contributed by atoms with Gasteiger partial charge in [-0.25, -0.2) is 29.1 Å². The van der Waals surface area contributed by atoms with E-state index in [9.17, 15) is 24.3 Å². The number of carbonyl (C=O) groups is 4. The van der Waals surface area contributed by atoms with Crippen molar-refractivity contribution in [3.8, 4) is 56.4 Å². The van der Waals surface area contributed by atoms with Gasteiger partial charge in [0.1, 0.15) is 46.7 Å². The van der Waals surface area contributed by atoms with Crippen molar-refractivity contribution in [2.24, 2.45) is 0 Å². The summed E-state index contributed by atoms with van der Waals surface area (Å²) in [5.74, 6) is -0.712. The maximum atomic E-state index is 13.0. The van der Waals surface area contributed by atoms with Crippen LogP contribution in [0, 0.1) is 20.8 Å². The number of carboxylic acids is 1. The fourth-order valence-corrected chi connectivity index (χ4v) is 9.24. The van der Waals surface area contributed by atoms with E-state index in [1.54, 1.807) is 86.3 Å². The third kappa shape index (κ3) is 13.8. The fourth-order valence-electron chi connectivity index (χ4n) is 9.24. The number of aromatic carboxylic acids is 1. The summed E-state index contributed by atoms with van der Waals surface area (Å²) in [5.41, 5.74) is 9.98. The number of anilines is 2. The van der Waals surface area contributed by atoms with Gasteiger partial charge in [0.05, 0.1) is 55.4 Å². The molecule has 444 valence electrons. The number of carbonyl (C=O) groups excluding carboxylic acids is 3. The normalized spacial score (nSPS) is 14.2. The van der Waals surface area contributed by atoms with Gasteiger partial charge < -0.3 is 25.6 Å². The van der Waals surface area contributed by atoms with Crippen LogP contribution in [0.2, 0.25) is 0 Å². The molecule has 13 rings (SSSR count). The standard InChI is InChI=1S/C24H25N9O3.C22H23N9O2.C13H13N3O2/c1-14-10-25-21(9-19(14)17-11-26-32(12-17)18-7-8-18)24(35)28-22-6-4-5-20(27-22)23-29-30-31-33(23)15(2)13-36-16(3)34;1-13-9-23-19(8-17(13)15-10-24-30(11-15)16-6-7-16)22(33)26-20-5-3-4-18(25-20)21-27-28-29-31(21)14(2)12-32;1-8-5-14-12(13(17)18)4-11(8)9-6-15-16(7-9)10-2-3-10/h4-6,9-12,15,18H,7-8,13H2,1-3H3,(H,27,28,35);3-5,8-11,14,16,32H,6-7,12H2,1-2H3,(H,25,26,33);4-7,10H,2-3H2,1H3,(H,17,18). The highest BCUT2D eigenvalue weighted by atomic mass is 16.5. The third-order valence-corrected chi connectivity index (χ3v) is 14.5. The minimum atomic E-state index is -1.01. The number of tetrazole rings is 2. The van der Waals surface area contributed by atoms with Crippen molar-refractivity contribution in [3.63, 3.8) is 0 Å². The molecule has 10 aromatic rings. The van der Waals surface area contributed by atoms with Gasteiger partial charge in [-0.3, -0.25) is 38.4 Å².